The first-order valence-electron chi connectivity index (χ1n) is 7.64. The van der Waals surface area contributed by atoms with E-state index >= 15 is 0 Å². The minimum absolute atomic E-state index is 0.387. The maximum Gasteiger partial charge on any atom is 0.121 e. The number of benzene rings is 1. The Morgan fingerprint density at radius 3 is 2.63 bits per heavy atom. The predicted octanol–water partition coefficient (Wildman–Crippen LogP) is 2.81. The SMILES string of the molecule is c1cc(OC2CCNCC2)cc(N2CCCCC2)c1. The summed E-state index contributed by atoms with van der Waals surface area (Å²) in [4.78, 5) is 2.48. The largest absolute Gasteiger partial charge is 0.490 e. The first-order valence-corrected chi connectivity index (χ1v) is 7.64. The second-order valence-corrected chi connectivity index (χ2v) is 5.61. The van der Waals surface area contributed by atoms with Crippen molar-refractivity contribution in [2.24, 2.45) is 0 Å². The number of piperidine rings is 2. The molecule has 3 nitrogen and oxygen atoms in total. The molecule has 3 rings (SSSR count). The van der Waals surface area contributed by atoms with Crippen LogP contribution >= 0.6 is 0 Å². The van der Waals surface area contributed by atoms with Gasteiger partial charge in [-0.15, -0.1) is 0 Å². The minimum Gasteiger partial charge on any atom is -0.490 e. The number of nitrogens with one attached hydrogen (secondary N) is 1. The van der Waals surface area contributed by atoms with Gasteiger partial charge in [-0.1, -0.05) is 6.07 Å². The quantitative estimate of drug-likeness (QED) is 0.904. The highest BCUT2D eigenvalue weighted by atomic mass is 16.5. The summed E-state index contributed by atoms with van der Waals surface area (Å²) >= 11 is 0. The van der Waals surface area contributed by atoms with Crippen LogP contribution in [0.25, 0.3) is 0 Å². The molecule has 0 saturated carbocycles. The van der Waals surface area contributed by atoms with Gasteiger partial charge in [0.2, 0.25) is 0 Å². The molecule has 2 fully saturated rings. The van der Waals surface area contributed by atoms with Crippen molar-refractivity contribution in [1.82, 2.24) is 5.32 Å². The highest BCUT2D eigenvalue weighted by Gasteiger charge is 2.15. The summed E-state index contributed by atoms with van der Waals surface area (Å²) in [6.45, 7) is 4.54. The van der Waals surface area contributed by atoms with Crippen LogP contribution in [0.1, 0.15) is 32.1 Å². The average molecular weight is 260 g/mol. The van der Waals surface area contributed by atoms with E-state index < -0.39 is 0 Å². The van der Waals surface area contributed by atoms with E-state index in [9.17, 15) is 0 Å². The van der Waals surface area contributed by atoms with Crippen molar-refractivity contribution >= 4 is 5.69 Å². The lowest BCUT2D eigenvalue weighted by atomic mass is 10.1. The van der Waals surface area contributed by atoms with Gasteiger partial charge >= 0.3 is 0 Å². The maximum absolute atomic E-state index is 6.12. The Kier molecular flexibility index (Phi) is 4.23. The maximum atomic E-state index is 6.12. The van der Waals surface area contributed by atoms with Gasteiger partial charge in [-0.2, -0.15) is 0 Å². The summed E-state index contributed by atoms with van der Waals surface area (Å²) in [7, 11) is 0. The van der Waals surface area contributed by atoms with Crippen molar-refractivity contribution in [3.8, 4) is 5.75 Å². The first kappa shape index (κ1) is 12.8. The third-order valence-electron chi connectivity index (χ3n) is 4.13. The van der Waals surface area contributed by atoms with Gasteiger partial charge in [0.05, 0.1) is 0 Å². The van der Waals surface area contributed by atoms with E-state index in [1.807, 2.05) is 0 Å². The predicted molar refractivity (Wildman–Crippen MR) is 79.0 cm³/mol. The van der Waals surface area contributed by atoms with E-state index in [1.54, 1.807) is 0 Å². The first-order chi connectivity index (χ1) is 9.42. The molecule has 0 unspecified atom stereocenters. The van der Waals surface area contributed by atoms with Crippen LogP contribution < -0.4 is 15.0 Å². The van der Waals surface area contributed by atoms with Crippen LogP contribution in [-0.4, -0.2) is 32.3 Å². The number of anilines is 1. The van der Waals surface area contributed by atoms with Crippen LogP contribution in [-0.2, 0) is 0 Å². The Bertz CT molecular complexity index is 395. The van der Waals surface area contributed by atoms with Gasteiger partial charge in [0, 0.05) is 24.8 Å². The normalized spacial score (nSPS) is 21.4. The van der Waals surface area contributed by atoms with E-state index in [4.69, 9.17) is 4.74 Å². The minimum atomic E-state index is 0.387. The van der Waals surface area contributed by atoms with Crippen molar-refractivity contribution in [1.29, 1.82) is 0 Å². The van der Waals surface area contributed by atoms with E-state index in [0.29, 0.717) is 6.10 Å². The van der Waals surface area contributed by atoms with E-state index in [1.165, 1.54) is 38.0 Å². The van der Waals surface area contributed by atoms with Crippen LogP contribution in [0, 0.1) is 0 Å². The van der Waals surface area contributed by atoms with Gasteiger partial charge < -0.3 is 15.0 Å². The average Bonchev–Trinajstić information content (AvgIpc) is 2.49. The summed E-state index contributed by atoms with van der Waals surface area (Å²) in [5.41, 5.74) is 1.33. The van der Waals surface area contributed by atoms with Gasteiger partial charge in [0.25, 0.3) is 0 Å². The van der Waals surface area contributed by atoms with Gasteiger partial charge in [0.15, 0.2) is 0 Å². The highest BCUT2D eigenvalue weighted by molar-refractivity contribution is 5.51. The fraction of sp³-hybridized carbons (Fsp3) is 0.625. The van der Waals surface area contributed by atoms with Crippen LogP contribution in [0.4, 0.5) is 5.69 Å². The van der Waals surface area contributed by atoms with Crippen molar-refractivity contribution in [3.63, 3.8) is 0 Å². The zero-order valence-corrected chi connectivity index (χ0v) is 11.6. The molecule has 0 aromatic heterocycles. The van der Waals surface area contributed by atoms with Crippen LogP contribution in [0.3, 0.4) is 0 Å². The molecule has 3 heteroatoms. The number of ether oxygens (including phenoxy) is 1. The number of hydrogen-bond donors (Lipinski definition) is 1. The molecular weight excluding hydrogens is 236 g/mol. The molecule has 1 N–H and O–H groups in total. The smallest absolute Gasteiger partial charge is 0.121 e. The van der Waals surface area contributed by atoms with Crippen LogP contribution in [0.2, 0.25) is 0 Å². The summed E-state index contributed by atoms with van der Waals surface area (Å²) in [6.07, 6.45) is 6.64. The molecule has 0 aliphatic carbocycles. The molecule has 2 saturated heterocycles. The second kappa shape index (κ2) is 6.29. The second-order valence-electron chi connectivity index (χ2n) is 5.61. The molecular formula is C16H24N2O. The third kappa shape index (κ3) is 3.41. The standard InChI is InChI=1S/C16H24N2O/c1-2-11-18(12-3-1)14-5-4-6-16(13-14)19-15-7-9-17-10-8-15/h4-6,13,15,17H,1-3,7-12H2. The van der Waals surface area contributed by atoms with Crippen LogP contribution in [0.15, 0.2) is 24.3 Å². The van der Waals surface area contributed by atoms with E-state index in [0.717, 1.165) is 31.7 Å². The Morgan fingerprint density at radius 2 is 1.84 bits per heavy atom. The lowest BCUT2D eigenvalue weighted by molar-refractivity contribution is 0.162. The van der Waals surface area contributed by atoms with Gasteiger partial charge in [-0.05, 0) is 57.3 Å². The molecule has 104 valence electrons. The Morgan fingerprint density at radius 1 is 1.05 bits per heavy atom. The molecule has 0 spiro atoms. The highest BCUT2D eigenvalue weighted by Crippen LogP contribution is 2.25. The summed E-state index contributed by atoms with van der Waals surface area (Å²) in [5.74, 6) is 1.04. The topological polar surface area (TPSA) is 24.5 Å². The zero-order valence-electron chi connectivity index (χ0n) is 11.6. The Labute approximate surface area is 115 Å². The summed E-state index contributed by atoms with van der Waals surface area (Å²) in [6, 6.07) is 8.64. The fourth-order valence-corrected chi connectivity index (χ4v) is 3.01. The van der Waals surface area contributed by atoms with Crippen LogP contribution in [0.5, 0.6) is 5.75 Å². The monoisotopic (exact) mass is 260 g/mol. The zero-order chi connectivity index (χ0) is 12.9. The molecule has 0 amide bonds. The number of rotatable bonds is 3. The fourth-order valence-electron chi connectivity index (χ4n) is 3.01. The van der Waals surface area contributed by atoms with E-state index in [-0.39, 0.29) is 0 Å². The van der Waals surface area contributed by atoms with E-state index in [2.05, 4.69) is 34.5 Å². The van der Waals surface area contributed by atoms with Crippen molar-refractivity contribution in [2.45, 2.75) is 38.2 Å². The summed E-state index contributed by atoms with van der Waals surface area (Å²) in [5, 5.41) is 3.38. The number of hydrogen-bond acceptors (Lipinski definition) is 3. The number of nitrogens with zero attached hydrogens (tertiary/aromatic N) is 1. The Hall–Kier alpha value is -1.22. The van der Waals surface area contributed by atoms with Crippen molar-refractivity contribution in [3.05, 3.63) is 24.3 Å². The Balaban J connectivity index is 1.64. The molecule has 2 aliphatic rings. The third-order valence-corrected chi connectivity index (χ3v) is 4.13. The van der Waals surface area contributed by atoms with Crippen molar-refractivity contribution < 1.29 is 4.74 Å². The lowest BCUT2D eigenvalue weighted by Crippen LogP contribution is -2.34. The van der Waals surface area contributed by atoms with Gasteiger partial charge in [-0.25, -0.2) is 0 Å². The van der Waals surface area contributed by atoms with Crippen molar-refractivity contribution in [2.75, 3.05) is 31.1 Å². The summed E-state index contributed by atoms with van der Waals surface area (Å²) < 4.78 is 6.12. The lowest BCUT2D eigenvalue weighted by Gasteiger charge is -2.29. The molecule has 2 heterocycles. The molecule has 2 aliphatic heterocycles. The van der Waals surface area contributed by atoms with Gasteiger partial charge in [0.1, 0.15) is 11.9 Å². The molecule has 19 heavy (non-hydrogen) atoms. The van der Waals surface area contributed by atoms with Gasteiger partial charge in [-0.3, -0.25) is 0 Å². The molecule has 0 bridgehead atoms. The molecule has 0 atom stereocenters. The molecule has 1 aromatic carbocycles. The molecule has 0 radical (unpaired) electrons. The molecule has 1 aromatic rings.